The molecule has 6 nitrogen and oxygen atoms in total. The summed E-state index contributed by atoms with van der Waals surface area (Å²) in [5, 5.41) is 3.12. The first kappa shape index (κ1) is 19.9. The van der Waals surface area contributed by atoms with Gasteiger partial charge in [-0.1, -0.05) is 29.3 Å². The maximum atomic E-state index is 13.2. The average molecular weight is 416 g/mol. The number of aryl methyl sites for hydroxylation is 1. The number of pyridine rings is 1. The van der Waals surface area contributed by atoms with E-state index >= 15 is 0 Å². The van der Waals surface area contributed by atoms with E-state index in [1.54, 1.807) is 54.7 Å². The Bertz CT molecular complexity index is 1050. The Balaban J connectivity index is 1.94. The lowest BCUT2D eigenvalue weighted by atomic mass is 10.2. The Kier molecular flexibility index (Phi) is 5.96. The Morgan fingerprint density at radius 1 is 1.07 bits per heavy atom. The van der Waals surface area contributed by atoms with E-state index in [9.17, 15) is 13.2 Å². The van der Waals surface area contributed by atoms with E-state index in [4.69, 9.17) is 11.6 Å². The average Bonchev–Trinajstić information content (AvgIpc) is 2.68. The second-order valence-corrected chi connectivity index (χ2v) is 8.39. The lowest BCUT2D eigenvalue weighted by molar-refractivity contribution is -0.114. The van der Waals surface area contributed by atoms with Crippen LogP contribution in [0, 0.1) is 6.92 Å². The van der Waals surface area contributed by atoms with E-state index < -0.39 is 22.5 Å². The van der Waals surface area contributed by atoms with Crippen molar-refractivity contribution in [3.63, 3.8) is 0 Å². The van der Waals surface area contributed by atoms with Crippen LogP contribution >= 0.6 is 11.6 Å². The van der Waals surface area contributed by atoms with Crippen molar-refractivity contribution in [1.82, 2.24) is 4.98 Å². The number of halogens is 1. The molecule has 0 aliphatic carbocycles. The first-order chi connectivity index (χ1) is 13.4. The van der Waals surface area contributed by atoms with Crippen LogP contribution in [0.5, 0.6) is 0 Å². The van der Waals surface area contributed by atoms with Crippen LogP contribution in [0.1, 0.15) is 5.56 Å². The number of aromatic nitrogens is 1. The molecule has 28 heavy (non-hydrogen) atoms. The Hall–Kier alpha value is -2.90. The van der Waals surface area contributed by atoms with E-state index in [0.717, 1.165) is 9.87 Å². The van der Waals surface area contributed by atoms with Gasteiger partial charge in [0.2, 0.25) is 5.91 Å². The minimum Gasteiger partial charge on any atom is -0.323 e. The molecule has 3 rings (SSSR count). The van der Waals surface area contributed by atoms with Gasteiger partial charge in [0.15, 0.2) is 0 Å². The van der Waals surface area contributed by atoms with Crippen LogP contribution < -0.4 is 9.62 Å². The molecule has 0 saturated carbocycles. The van der Waals surface area contributed by atoms with E-state index in [-0.39, 0.29) is 4.90 Å². The van der Waals surface area contributed by atoms with Crippen LogP contribution in [0.3, 0.4) is 0 Å². The van der Waals surface area contributed by atoms with Gasteiger partial charge < -0.3 is 5.32 Å². The minimum absolute atomic E-state index is 0.0993. The van der Waals surface area contributed by atoms with Gasteiger partial charge in [0, 0.05) is 11.2 Å². The molecule has 0 aliphatic heterocycles. The smallest absolute Gasteiger partial charge is 0.264 e. The molecule has 0 atom stereocenters. The fourth-order valence-electron chi connectivity index (χ4n) is 2.53. The summed E-state index contributed by atoms with van der Waals surface area (Å²) in [4.78, 5) is 16.6. The number of hydrogen-bond donors (Lipinski definition) is 1. The maximum absolute atomic E-state index is 13.2. The summed E-state index contributed by atoms with van der Waals surface area (Å²) >= 11 is 5.92. The van der Waals surface area contributed by atoms with Gasteiger partial charge in [-0.3, -0.25) is 14.1 Å². The van der Waals surface area contributed by atoms with Crippen LogP contribution in [0.25, 0.3) is 0 Å². The lowest BCUT2D eigenvalue weighted by Crippen LogP contribution is -2.38. The van der Waals surface area contributed by atoms with Crippen LogP contribution in [0.2, 0.25) is 5.02 Å². The van der Waals surface area contributed by atoms with Gasteiger partial charge in [-0.05, 0) is 55.5 Å². The Labute approximate surface area is 168 Å². The largest absolute Gasteiger partial charge is 0.323 e. The molecule has 0 fully saturated rings. The second-order valence-electron chi connectivity index (χ2n) is 6.09. The second kappa shape index (κ2) is 8.41. The topological polar surface area (TPSA) is 79.4 Å². The zero-order valence-corrected chi connectivity index (χ0v) is 16.6. The quantitative estimate of drug-likeness (QED) is 0.662. The number of benzene rings is 2. The third-order valence-electron chi connectivity index (χ3n) is 3.96. The Morgan fingerprint density at radius 2 is 1.75 bits per heavy atom. The van der Waals surface area contributed by atoms with E-state index in [2.05, 4.69) is 10.3 Å². The number of nitrogens with zero attached hydrogens (tertiary/aromatic N) is 2. The number of carbonyl (C=O) groups is 1. The highest BCUT2D eigenvalue weighted by Gasteiger charge is 2.27. The molecule has 3 aromatic rings. The van der Waals surface area contributed by atoms with Gasteiger partial charge >= 0.3 is 0 Å². The van der Waals surface area contributed by atoms with Crippen molar-refractivity contribution in [1.29, 1.82) is 0 Å². The van der Waals surface area contributed by atoms with Crippen molar-refractivity contribution < 1.29 is 13.2 Å². The highest BCUT2D eigenvalue weighted by molar-refractivity contribution is 7.92. The summed E-state index contributed by atoms with van der Waals surface area (Å²) in [5.74, 6) is -0.487. The van der Waals surface area contributed by atoms with Crippen LogP contribution in [-0.4, -0.2) is 25.9 Å². The number of carbonyl (C=O) groups excluding carboxylic acids is 1. The van der Waals surface area contributed by atoms with Crippen molar-refractivity contribution >= 4 is 38.9 Å². The molecule has 0 aliphatic rings. The molecular weight excluding hydrogens is 398 g/mol. The third-order valence-corrected chi connectivity index (χ3v) is 6.00. The van der Waals surface area contributed by atoms with Crippen molar-refractivity contribution in [2.24, 2.45) is 0 Å². The van der Waals surface area contributed by atoms with Crippen LogP contribution in [-0.2, 0) is 14.8 Å². The number of sulfonamides is 1. The highest BCUT2D eigenvalue weighted by atomic mass is 35.5. The number of hydrogen-bond acceptors (Lipinski definition) is 4. The highest BCUT2D eigenvalue weighted by Crippen LogP contribution is 2.25. The van der Waals surface area contributed by atoms with Crippen molar-refractivity contribution in [3.05, 3.63) is 83.6 Å². The molecule has 144 valence electrons. The lowest BCUT2D eigenvalue weighted by Gasteiger charge is -2.24. The summed E-state index contributed by atoms with van der Waals surface area (Å²) in [6, 6.07) is 16.1. The molecule has 2 aromatic carbocycles. The fourth-order valence-corrected chi connectivity index (χ4v) is 4.07. The van der Waals surface area contributed by atoms with Crippen molar-refractivity contribution in [2.75, 3.05) is 16.2 Å². The number of nitrogens with one attached hydrogen (secondary N) is 1. The van der Waals surface area contributed by atoms with E-state index in [1.165, 1.54) is 18.3 Å². The van der Waals surface area contributed by atoms with Crippen LogP contribution in [0.4, 0.5) is 11.4 Å². The standard InChI is InChI=1S/C20H18ClN3O3S/c1-15-4-10-19(11-5-15)28(26,27)24(18-8-6-16(21)7-9-18)14-20(25)23-17-3-2-12-22-13-17/h2-13H,14H2,1H3,(H,23,25). The predicted octanol–water partition coefficient (Wildman–Crippen LogP) is 3.88. The van der Waals surface area contributed by atoms with Gasteiger partial charge in [-0.25, -0.2) is 8.42 Å². The fraction of sp³-hybridized carbons (Fsp3) is 0.100. The molecule has 1 aromatic heterocycles. The normalized spacial score (nSPS) is 11.1. The number of amides is 1. The van der Waals surface area contributed by atoms with Gasteiger partial charge in [0.25, 0.3) is 10.0 Å². The molecule has 1 heterocycles. The SMILES string of the molecule is Cc1ccc(S(=O)(=O)N(CC(=O)Nc2cccnc2)c2ccc(Cl)cc2)cc1. The van der Waals surface area contributed by atoms with Gasteiger partial charge in [0.05, 0.1) is 22.5 Å². The van der Waals surface area contributed by atoms with E-state index in [1.807, 2.05) is 6.92 Å². The molecule has 1 amide bonds. The van der Waals surface area contributed by atoms with Crippen molar-refractivity contribution in [3.8, 4) is 0 Å². The van der Waals surface area contributed by atoms with E-state index in [0.29, 0.717) is 16.4 Å². The molecule has 0 spiro atoms. The summed E-state index contributed by atoms with van der Waals surface area (Å²) in [6.45, 7) is 1.47. The van der Waals surface area contributed by atoms with Crippen molar-refractivity contribution in [2.45, 2.75) is 11.8 Å². The minimum atomic E-state index is -3.96. The molecule has 0 saturated heterocycles. The monoisotopic (exact) mass is 415 g/mol. The molecule has 8 heteroatoms. The molecular formula is C20H18ClN3O3S. The maximum Gasteiger partial charge on any atom is 0.264 e. The Morgan fingerprint density at radius 3 is 2.36 bits per heavy atom. The third kappa shape index (κ3) is 4.68. The summed E-state index contributed by atoms with van der Waals surface area (Å²) in [5.41, 5.74) is 1.76. The summed E-state index contributed by atoms with van der Waals surface area (Å²) < 4.78 is 27.5. The van der Waals surface area contributed by atoms with Gasteiger partial charge in [-0.2, -0.15) is 0 Å². The number of rotatable bonds is 6. The summed E-state index contributed by atoms with van der Waals surface area (Å²) in [7, 11) is -3.96. The zero-order chi connectivity index (χ0) is 20.1. The van der Waals surface area contributed by atoms with Gasteiger partial charge in [0.1, 0.15) is 6.54 Å². The molecule has 0 unspecified atom stereocenters. The predicted molar refractivity (Wildman–Crippen MR) is 110 cm³/mol. The van der Waals surface area contributed by atoms with Crippen LogP contribution in [0.15, 0.2) is 78.0 Å². The zero-order valence-electron chi connectivity index (χ0n) is 15.0. The molecule has 0 radical (unpaired) electrons. The van der Waals surface area contributed by atoms with Gasteiger partial charge in [-0.15, -0.1) is 0 Å². The first-order valence-electron chi connectivity index (χ1n) is 8.41. The number of anilines is 2. The molecule has 0 bridgehead atoms. The summed E-state index contributed by atoms with van der Waals surface area (Å²) in [6.07, 6.45) is 3.07. The molecule has 1 N–H and O–H groups in total. The first-order valence-corrected chi connectivity index (χ1v) is 10.2.